The van der Waals surface area contributed by atoms with Crippen LogP contribution < -0.4 is 10.6 Å². The van der Waals surface area contributed by atoms with Gasteiger partial charge < -0.3 is 20.8 Å². The maximum absolute atomic E-state index is 10.1. The highest BCUT2D eigenvalue weighted by atomic mass is 16.4. The summed E-state index contributed by atoms with van der Waals surface area (Å²) in [6.45, 7) is 1.97. The fourth-order valence-electron chi connectivity index (χ4n) is 2.28. The van der Waals surface area contributed by atoms with Crippen LogP contribution in [0.5, 0.6) is 0 Å². The summed E-state index contributed by atoms with van der Waals surface area (Å²) in [6, 6.07) is 0.477. The SMILES string of the molecule is O=C(O)CC1CCCN1.O=C(O)C[C@@H]1CCCN1. The van der Waals surface area contributed by atoms with Crippen LogP contribution in [0.1, 0.15) is 38.5 Å². The molecule has 18 heavy (non-hydrogen) atoms. The third-order valence-corrected chi connectivity index (χ3v) is 3.17. The lowest BCUT2D eigenvalue weighted by Gasteiger charge is -2.03. The molecule has 104 valence electrons. The van der Waals surface area contributed by atoms with Crippen LogP contribution in [0.2, 0.25) is 0 Å². The first-order valence-corrected chi connectivity index (χ1v) is 6.48. The van der Waals surface area contributed by atoms with E-state index >= 15 is 0 Å². The van der Waals surface area contributed by atoms with Crippen LogP contribution in [0.4, 0.5) is 0 Å². The Morgan fingerprint density at radius 1 is 0.889 bits per heavy atom. The first-order valence-electron chi connectivity index (χ1n) is 6.48. The van der Waals surface area contributed by atoms with Gasteiger partial charge in [-0.3, -0.25) is 9.59 Å². The highest BCUT2D eigenvalue weighted by Crippen LogP contribution is 2.08. The van der Waals surface area contributed by atoms with E-state index in [4.69, 9.17) is 10.2 Å². The van der Waals surface area contributed by atoms with Gasteiger partial charge in [0.05, 0.1) is 12.8 Å². The Kier molecular flexibility index (Phi) is 6.67. The molecule has 0 aromatic carbocycles. The number of carboxylic acids is 2. The zero-order valence-corrected chi connectivity index (χ0v) is 10.5. The van der Waals surface area contributed by atoms with Gasteiger partial charge in [-0.25, -0.2) is 0 Å². The Balaban J connectivity index is 0.000000180. The van der Waals surface area contributed by atoms with Gasteiger partial charge in [0.1, 0.15) is 0 Å². The molecule has 2 aliphatic rings. The highest BCUT2D eigenvalue weighted by Gasteiger charge is 2.16. The van der Waals surface area contributed by atoms with Crippen molar-refractivity contribution in [2.45, 2.75) is 50.6 Å². The summed E-state index contributed by atoms with van der Waals surface area (Å²) in [5.41, 5.74) is 0. The van der Waals surface area contributed by atoms with Gasteiger partial charge in [0.25, 0.3) is 0 Å². The van der Waals surface area contributed by atoms with E-state index in [1.165, 1.54) is 0 Å². The third-order valence-electron chi connectivity index (χ3n) is 3.17. The molecule has 2 rings (SSSR count). The zero-order chi connectivity index (χ0) is 13.4. The fraction of sp³-hybridized carbons (Fsp3) is 0.833. The molecule has 2 aliphatic heterocycles. The topological polar surface area (TPSA) is 98.7 Å². The van der Waals surface area contributed by atoms with E-state index in [2.05, 4.69) is 10.6 Å². The van der Waals surface area contributed by atoms with Crippen LogP contribution in [0.3, 0.4) is 0 Å². The first-order chi connectivity index (χ1) is 8.58. The van der Waals surface area contributed by atoms with Gasteiger partial charge in [-0.2, -0.15) is 0 Å². The lowest BCUT2D eigenvalue weighted by Crippen LogP contribution is -2.24. The largest absolute Gasteiger partial charge is 0.481 e. The molecule has 0 radical (unpaired) electrons. The summed E-state index contributed by atoms with van der Waals surface area (Å²) in [4.78, 5) is 20.2. The molecule has 2 atom stereocenters. The highest BCUT2D eigenvalue weighted by molar-refractivity contribution is 5.67. The molecule has 2 heterocycles. The molecule has 0 aromatic rings. The number of carboxylic acid groups (broad SMARTS) is 2. The van der Waals surface area contributed by atoms with E-state index in [1.807, 2.05) is 0 Å². The number of carbonyl (C=O) groups is 2. The maximum atomic E-state index is 10.1. The lowest BCUT2D eigenvalue weighted by molar-refractivity contribution is -0.138. The average Bonchev–Trinajstić information content (AvgIpc) is 2.90. The van der Waals surface area contributed by atoms with Gasteiger partial charge in [0, 0.05) is 12.1 Å². The standard InChI is InChI=1S/2C6H11NO2/c2*8-6(9)4-5-2-1-3-7-5/h2*5,7H,1-4H2,(H,8,9)/t5-;/m0./s1. The minimum absolute atomic E-state index is 0.238. The molecule has 0 bridgehead atoms. The van der Waals surface area contributed by atoms with Gasteiger partial charge >= 0.3 is 11.9 Å². The summed E-state index contributed by atoms with van der Waals surface area (Å²) < 4.78 is 0. The molecule has 1 unspecified atom stereocenters. The van der Waals surface area contributed by atoms with Gasteiger partial charge in [0.2, 0.25) is 0 Å². The first kappa shape index (κ1) is 14.9. The van der Waals surface area contributed by atoms with Crippen LogP contribution in [-0.2, 0) is 9.59 Å². The van der Waals surface area contributed by atoms with Crippen molar-refractivity contribution in [2.24, 2.45) is 0 Å². The lowest BCUT2D eigenvalue weighted by atomic mass is 10.2. The Hall–Kier alpha value is -1.14. The molecule has 0 spiro atoms. The minimum Gasteiger partial charge on any atom is -0.481 e. The van der Waals surface area contributed by atoms with E-state index in [1.54, 1.807) is 0 Å². The molecule has 6 heteroatoms. The summed E-state index contributed by atoms with van der Waals surface area (Å²) in [5.74, 6) is -1.40. The summed E-state index contributed by atoms with van der Waals surface area (Å²) in [5, 5.41) is 22.9. The van der Waals surface area contributed by atoms with Crippen LogP contribution in [0.25, 0.3) is 0 Å². The summed E-state index contributed by atoms with van der Waals surface area (Å²) in [6.07, 6.45) is 4.84. The van der Waals surface area contributed by atoms with Crippen LogP contribution in [0, 0.1) is 0 Å². The molecular formula is C12H22N2O4. The predicted octanol–water partition coefficient (Wildman–Crippen LogP) is 0.426. The molecule has 2 saturated heterocycles. The van der Waals surface area contributed by atoms with Crippen molar-refractivity contribution in [1.29, 1.82) is 0 Å². The third kappa shape index (κ3) is 6.56. The Labute approximate surface area is 107 Å². The van der Waals surface area contributed by atoms with Crippen molar-refractivity contribution in [3.8, 4) is 0 Å². The van der Waals surface area contributed by atoms with Crippen molar-refractivity contribution in [3.63, 3.8) is 0 Å². The van der Waals surface area contributed by atoms with E-state index in [-0.39, 0.29) is 24.9 Å². The molecule has 0 amide bonds. The second-order valence-electron chi connectivity index (χ2n) is 4.78. The molecule has 4 N–H and O–H groups in total. The Morgan fingerprint density at radius 3 is 1.50 bits per heavy atom. The molecule has 0 aromatic heterocycles. The molecule has 0 saturated carbocycles. The fourth-order valence-corrected chi connectivity index (χ4v) is 2.28. The van der Waals surface area contributed by atoms with Crippen LogP contribution in [-0.4, -0.2) is 47.3 Å². The Bertz CT molecular complexity index is 243. The zero-order valence-electron chi connectivity index (χ0n) is 10.5. The van der Waals surface area contributed by atoms with E-state index in [0.29, 0.717) is 0 Å². The predicted molar refractivity (Wildman–Crippen MR) is 66.6 cm³/mol. The molecule has 2 fully saturated rings. The number of nitrogens with one attached hydrogen (secondary N) is 2. The molecule has 0 aliphatic carbocycles. The van der Waals surface area contributed by atoms with Crippen LogP contribution in [0.15, 0.2) is 0 Å². The second kappa shape index (κ2) is 8.05. The van der Waals surface area contributed by atoms with Gasteiger partial charge in [-0.05, 0) is 38.8 Å². The normalized spacial score (nSPS) is 26.4. The average molecular weight is 258 g/mol. The van der Waals surface area contributed by atoms with Crippen molar-refractivity contribution in [2.75, 3.05) is 13.1 Å². The second-order valence-corrected chi connectivity index (χ2v) is 4.78. The molecule has 6 nitrogen and oxygen atoms in total. The maximum Gasteiger partial charge on any atom is 0.304 e. The van der Waals surface area contributed by atoms with E-state index < -0.39 is 11.9 Å². The number of hydrogen-bond donors (Lipinski definition) is 4. The van der Waals surface area contributed by atoms with E-state index in [9.17, 15) is 9.59 Å². The summed E-state index contributed by atoms with van der Waals surface area (Å²) in [7, 11) is 0. The molecular weight excluding hydrogens is 236 g/mol. The summed E-state index contributed by atoms with van der Waals surface area (Å²) >= 11 is 0. The van der Waals surface area contributed by atoms with Crippen molar-refractivity contribution in [1.82, 2.24) is 10.6 Å². The Morgan fingerprint density at radius 2 is 1.28 bits per heavy atom. The quantitative estimate of drug-likeness (QED) is 0.583. The van der Waals surface area contributed by atoms with Gasteiger partial charge in [-0.1, -0.05) is 0 Å². The van der Waals surface area contributed by atoms with Gasteiger partial charge in [-0.15, -0.1) is 0 Å². The van der Waals surface area contributed by atoms with Crippen molar-refractivity contribution in [3.05, 3.63) is 0 Å². The van der Waals surface area contributed by atoms with Crippen LogP contribution >= 0.6 is 0 Å². The van der Waals surface area contributed by atoms with Crippen molar-refractivity contribution < 1.29 is 19.8 Å². The van der Waals surface area contributed by atoms with E-state index in [0.717, 1.165) is 38.8 Å². The van der Waals surface area contributed by atoms with Gasteiger partial charge in [0.15, 0.2) is 0 Å². The smallest absolute Gasteiger partial charge is 0.304 e. The number of rotatable bonds is 4. The number of aliphatic carboxylic acids is 2. The number of hydrogen-bond acceptors (Lipinski definition) is 4. The van der Waals surface area contributed by atoms with Crippen molar-refractivity contribution >= 4 is 11.9 Å². The monoisotopic (exact) mass is 258 g/mol. The minimum atomic E-state index is -0.700.